The number of ketones is 1. The molecule has 0 unspecified atom stereocenters. The first-order valence-corrected chi connectivity index (χ1v) is 15.8. The van der Waals surface area contributed by atoms with Gasteiger partial charge in [0.25, 0.3) is 5.91 Å². The van der Waals surface area contributed by atoms with Gasteiger partial charge in [-0.3, -0.25) is 9.59 Å². The van der Waals surface area contributed by atoms with E-state index in [0.717, 1.165) is 6.07 Å². The van der Waals surface area contributed by atoms with Gasteiger partial charge < -0.3 is 20.3 Å². The van der Waals surface area contributed by atoms with Gasteiger partial charge in [0.2, 0.25) is 0 Å². The zero-order chi connectivity index (χ0) is 33.8. The normalized spacial score (nSPS) is 15.2. The van der Waals surface area contributed by atoms with Gasteiger partial charge in [0.05, 0.1) is 29.3 Å². The molecule has 4 aromatic rings. The number of rotatable bonds is 8. The quantitative estimate of drug-likeness (QED) is 0.196. The number of thiazole rings is 1. The Labute approximate surface area is 273 Å². The molecule has 1 aliphatic rings. The summed E-state index contributed by atoms with van der Waals surface area (Å²) in [7, 11) is 0. The zero-order valence-corrected chi connectivity index (χ0v) is 26.7. The molecule has 246 valence electrons. The highest BCUT2D eigenvalue weighted by Crippen LogP contribution is 2.45. The molecule has 1 aliphatic heterocycles. The van der Waals surface area contributed by atoms with Crippen LogP contribution in [0.3, 0.4) is 0 Å². The van der Waals surface area contributed by atoms with Crippen molar-refractivity contribution in [3.05, 3.63) is 88.7 Å². The van der Waals surface area contributed by atoms with E-state index in [-0.39, 0.29) is 48.2 Å². The van der Waals surface area contributed by atoms with Crippen molar-refractivity contribution < 1.29 is 32.3 Å². The second-order valence-electron chi connectivity index (χ2n) is 12.0. The van der Waals surface area contributed by atoms with E-state index >= 15 is 13.2 Å². The third-order valence-electron chi connectivity index (χ3n) is 7.33. The average Bonchev–Trinajstić information content (AvgIpc) is 3.54. The molecule has 47 heavy (non-hydrogen) atoms. The highest BCUT2D eigenvalue weighted by Gasteiger charge is 2.42. The van der Waals surface area contributed by atoms with Crippen LogP contribution in [-0.4, -0.2) is 58.2 Å². The molecule has 14 heteroatoms. The fourth-order valence-electron chi connectivity index (χ4n) is 5.33. The minimum absolute atomic E-state index is 0.00356. The first-order chi connectivity index (χ1) is 22.3. The molecule has 1 saturated heterocycles. The summed E-state index contributed by atoms with van der Waals surface area (Å²) in [4.78, 5) is 45.1. The minimum Gasteiger partial charge on any atom is -0.444 e. The molecule has 5 rings (SSSR count). The van der Waals surface area contributed by atoms with Crippen LogP contribution in [-0.2, 0) is 10.9 Å². The summed E-state index contributed by atoms with van der Waals surface area (Å²) in [6.07, 6.45) is -1.46. The van der Waals surface area contributed by atoms with Crippen molar-refractivity contribution in [1.82, 2.24) is 20.5 Å². The van der Waals surface area contributed by atoms with Crippen molar-refractivity contribution in [3.63, 3.8) is 0 Å². The molecular weight excluding hydrogens is 633 g/mol. The standard InChI is InChI=1S/C33H33F3N6O4S/c1-32(2,3)46-31(45)37-16-20-8-7-15-42(18-20)27-24(40-29(44)25-19-47-30(41-25)22-13-14-38-39-17-22)12-11-23(26(27)33(34,35)36)28(43)21-9-5-4-6-10-21/h4-6,9-14,17,19-20H,7-8,15-16,18H2,1-3H3,(H,37,45)(H,40,44)/t20-/m0/s1. The van der Waals surface area contributed by atoms with Crippen molar-refractivity contribution in [2.24, 2.45) is 5.92 Å². The average molecular weight is 667 g/mol. The Hall–Kier alpha value is -4.85. The molecule has 1 fully saturated rings. The number of alkyl halides is 3. The fraction of sp³-hybridized carbons (Fsp3) is 0.333. The van der Waals surface area contributed by atoms with Gasteiger partial charge in [0.15, 0.2) is 5.78 Å². The van der Waals surface area contributed by atoms with Crippen molar-refractivity contribution in [2.45, 2.75) is 45.4 Å². The number of hydrogen-bond donors (Lipinski definition) is 2. The zero-order valence-electron chi connectivity index (χ0n) is 25.9. The van der Waals surface area contributed by atoms with Crippen LogP contribution in [0.15, 0.2) is 66.3 Å². The van der Waals surface area contributed by atoms with Gasteiger partial charge in [-0.05, 0) is 57.7 Å². The van der Waals surface area contributed by atoms with Crippen LogP contribution < -0.4 is 15.5 Å². The molecule has 3 heterocycles. The molecule has 2 amide bonds. The maximum atomic E-state index is 15.1. The Morgan fingerprint density at radius 1 is 1.04 bits per heavy atom. The van der Waals surface area contributed by atoms with E-state index in [1.165, 1.54) is 52.2 Å². The van der Waals surface area contributed by atoms with Crippen LogP contribution in [0.5, 0.6) is 0 Å². The summed E-state index contributed by atoms with van der Waals surface area (Å²) >= 11 is 1.18. The van der Waals surface area contributed by atoms with E-state index in [1.54, 1.807) is 45.0 Å². The summed E-state index contributed by atoms with van der Waals surface area (Å²) in [6, 6.07) is 11.8. The molecule has 2 aromatic heterocycles. The third-order valence-corrected chi connectivity index (χ3v) is 8.22. The van der Waals surface area contributed by atoms with Gasteiger partial charge in [0, 0.05) is 41.7 Å². The van der Waals surface area contributed by atoms with E-state index < -0.39 is 40.7 Å². The second kappa shape index (κ2) is 13.9. The van der Waals surface area contributed by atoms with Crippen LogP contribution in [0, 0.1) is 5.92 Å². The molecule has 2 N–H and O–H groups in total. The van der Waals surface area contributed by atoms with Crippen LogP contribution in [0.25, 0.3) is 10.6 Å². The fourth-order valence-corrected chi connectivity index (χ4v) is 6.12. The largest absolute Gasteiger partial charge is 0.444 e. The molecular formula is C33H33F3N6O4S. The Bertz CT molecular complexity index is 1740. The highest BCUT2D eigenvalue weighted by atomic mass is 32.1. The maximum Gasteiger partial charge on any atom is 0.419 e. The van der Waals surface area contributed by atoms with Gasteiger partial charge in [-0.25, -0.2) is 9.78 Å². The van der Waals surface area contributed by atoms with Crippen LogP contribution in [0.2, 0.25) is 0 Å². The Kier molecular flexibility index (Phi) is 9.89. The van der Waals surface area contributed by atoms with E-state index in [9.17, 15) is 14.4 Å². The molecule has 1 atom stereocenters. The predicted octanol–water partition coefficient (Wildman–Crippen LogP) is 6.84. The van der Waals surface area contributed by atoms with Crippen molar-refractivity contribution in [2.75, 3.05) is 29.9 Å². The molecule has 0 radical (unpaired) electrons. The lowest BCUT2D eigenvalue weighted by atomic mass is 9.92. The number of carbonyl (C=O) groups is 3. The Morgan fingerprint density at radius 2 is 1.81 bits per heavy atom. The van der Waals surface area contributed by atoms with E-state index in [1.807, 2.05) is 0 Å². The Morgan fingerprint density at radius 3 is 2.49 bits per heavy atom. The number of halogens is 3. The van der Waals surface area contributed by atoms with Gasteiger partial charge in [-0.15, -0.1) is 11.3 Å². The van der Waals surface area contributed by atoms with Gasteiger partial charge in [0.1, 0.15) is 16.3 Å². The van der Waals surface area contributed by atoms with Crippen LogP contribution in [0.4, 0.5) is 29.3 Å². The number of aromatic nitrogens is 3. The minimum atomic E-state index is -4.96. The molecule has 0 bridgehead atoms. The number of piperidine rings is 1. The molecule has 10 nitrogen and oxygen atoms in total. The topological polar surface area (TPSA) is 126 Å². The number of anilines is 2. The number of alkyl carbamates (subject to hydrolysis) is 1. The molecule has 0 saturated carbocycles. The van der Waals surface area contributed by atoms with Gasteiger partial charge >= 0.3 is 12.3 Å². The lowest BCUT2D eigenvalue weighted by Gasteiger charge is -2.37. The molecule has 0 aliphatic carbocycles. The van der Waals surface area contributed by atoms with E-state index in [0.29, 0.717) is 23.4 Å². The van der Waals surface area contributed by atoms with Gasteiger partial charge in [-0.2, -0.15) is 23.4 Å². The highest BCUT2D eigenvalue weighted by molar-refractivity contribution is 7.13. The first kappa shape index (κ1) is 33.5. The van der Waals surface area contributed by atoms with Crippen molar-refractivity contribution in [1.29, 1.82) is 0 Å². The summed E-state index contributed by atoms with van der Waals surface area (Å²) in [5.41, 5.74) is -2.10. The first-order valence-electron chi connectivity index (χ1n) is 14.9. The number of carbonyl (C=O) groups excluding carboxylic acids is 3. The monoisotopic (exact) mass is 666 g/mol. The van der Waals surface area contributed by atoms with E-state index in [4.69, 9.17) is 4.74 Å². The lowest BCUT2D eigenvalue weighted by molar-refractivity contribution is -0.137. The number of ether oxygens (including phenoxy) is 1. The number of nitrogens with one attached hydrogen (secondary N) is 2. The summed E-state index contributed by atoms with van der Waals surface area (Å²) in [6.45, 7) is 5.72. The van der Waals surface area contributed by atoms with Crippen molar-refractivity contribution in [3.8, 4) is 10.6 Å². The van der Waals surface area contributed by atoms with Crippen LogP contribution >= 0.6 is 11.3 Å². The van der Waals surface area contributed by atoms with Crippen LogP contribution in [0.1, 0.15) is 65.6 Å². The summed E-state index contributed by atoms with van der Waals surface area (Å²) < 4.78 is 50.6. The number of benzene rings is 2. The van der Waals surface area contributed by atoms with Crippen molar-refractivity contribution >= 4 is 40.5 Å². The summed E-state index contributed by atoms with van der Waals surface area (Å²) in [5.74, 6) is -1.75. The maximum absolute atomic E-state index is 15.1. The number of nitrogens with zero attached hydrogens (tertiary/aromatic N) is 4. The smallest absolute Gasteiger partial charge is 0.419 e. The number of hydrogen-bond acceptors (Lipinski definition) is 9. The van der Waals surface area contributed by atoms with E-state index in [2.05, 4.69) is 25.8 Å². The van der Waals surface area contributed by atoms with Gasteiger partial charge in [-0.1, -0.05) is 30.3 Å². The molecule has 2 aromatic carbocycles. The Balaban J connectivity index is 1.51. The summed E-state index contributed by atoms with van der Waals surface area (Å²) in [5, 5.41) is 14.9. The third kappa shape index (κ3) is 8.30. The molecule has 0 spiro atoms. The lowest BCUT2D eigenvalue weighted by Crippen LogP contribution is -2.43. The number of amides is 2. The second-order valence-corrected chi connectivity index (χ2v) is 12.9. The predicted molar refractivity (Wildman–Crippen MR) is 172 cm³/mol. The SMILES string of the molecule is CC(C)(C)OC(=O)NC[C@@H]1CCCN(c2c(NC(=O)c3csc(-c4ccnnc4)n3)ccc(C(=O)c3ccccc3)c2C(F)(F)F)C1.